The summed E-state index contributed by atoms with van der Waals surface area (Å²) in [6.45, 7) is 0.819. The van der Waals surface area contributed by atoms with Gasteiger partial charge in [-0.05, 0) is 42.7 Å². The lowest BCUT2D eigenvalue weighted by Gasteiger charge is -2.18. The number of carbonyl (C=O) groups excluding carboxylic acids is 1. The van der Waals surface area contributed by atoms with Crippen molar-refractivity contribution in [1.29, 1.82) is 0 Å². The van der Waals surface area contributed by atoms with Gasteiger partial charge in [0.25, 0.3) is 5.91 Å². The zero-order chi connectivity index (χ0) is 11.7. The van der Waals surface area contributed by atoms with Crippen LogP contribution in [-0.4, -0.2) is 12.5 Å². The fourth-order valence-corrected chi connectivity index (χ4v) is 3.04. The Morgan fingerprint density at radius 1 is 1.18 bits per heavy atom. The van der Waals surface area contributed by atoms with Crippen LogP contribution in [-0.2, 0) is 0 Å². The molecule has 2 bridgehead atoms. The second-order valence-corrected chi connectivity index (χ2v) is 5.12. The lowest BCUT2D eigenvalue weighted by Crippen LogP contribution is -2.30. The van der Waals surface area contributed by atoms with Crippen molar-refractivity contribution in [3.05, 3.63) is 48.0 Å². The molecule has 2 heteroatoms. The lowest BCUT2D eigenvalue weighted by molar-refractivity contribution is 0.0945. The SMILES string of the molecule is O=C(NC[C@H]1C[C@H]2C=C[C@H]1C2)c1ccccc1. The maximum absolute atomic E-state index is 11.9. The molecule has 0 spiro atoms. The molecule has 0 heterocycles. The summed E-state index contributed by atoms with van der Waals surface area (Å²) in [4.78, 5) is 11.9. The summed E-state index contributed by atoms with van der Waals surface area (Å²) in [6.07, 6.45) is 7.20. The van der Waals surface area contributed by atoms with Crippen molar-refractivity contribution in [2.45, 2.75) is 12.8 Å². The average Bonchev–Trinajstić information content (AvgIpc) is 2.99. The van der Waals surface area contributed by atoms with Gasteiger partial charge in [-0.3, -0.25) is 4.79 Å². The van der Waals surface area contributed by atoms with Gasteiger partial charge in [-0.1, -0.05) is 30.4 Å². The third kappa shape index (κ3) is 2.12. The Morgan fingerprint density at radius 3 is 2.65 bits per heavy atom. The normalized spacial score (nSPS) is 29.5. The molecular formula is C15H17NO. The molecule has 0 saturated heterocycles. The molecule has 3 atom stereocenters. The predicted octanol–water partition coefficient (Wildman–Crippen LogP) is 2.63. The van der Waals surface area contributed by atoms with Crippen LogP contribution in [0, 0.1) is 17.8 Å². The largest absolute Gasteiger partial charge is 0.352 e. The van der Waals surface area contributed by atoms with Crippen molar-refractivity contribution < 1.29 is 4.79 Å². The molecule has 1 N–H and O–H groups in total. The highest BCUT2D eigenvalue weighted by Crippen LogP contribution is 2.42. The molecule has 3 rings (SSSR count). The second kappa shape index (κ2) is 4.36. The van der Waals surface area contributed by atoms with Crippen molar-refractivity contribution in [3.63, 3.8) is 0 Å². The van der Waals surface area contributed by atoms with Crippen LogP contribution in [0.3, 0.4) is 0 Å². The molecule has 1 fully saturated rings. The number of benzene rings is 1. The molecule has 0 aliphatic heterocycles. The van der Waals surface area contributed by atoms with E-state index in [1.807, 2.05) is 30.3 Å². The fraction of sp³-hybridized carbons (Fsp3) is 0.400. The van der Waals surface area contributed by atoms with Gasteiger partial charge < -0.3 is 5.32 Å². The molecule has 1 aromatic carbocycles. The van der Waals surface area contributed by atoms with Gasteiger partial charge >= 0.3 is 0 Å². The van der Waals surface area contributed by atoms with Gasteiger partial charge in [-0.25, -0.2) is 0 Å². The third-order valence-electron chi connectivity index (χ3n) is 3.98. The van der Waals surface area contributed by atoms with Gasteiger partial charge in [-0.2, -0.15) is 0 Å². The molecule has 2 aliphatic carbocycles. The van der Waals surface area contributed by atoms with Crippen LogP contribution in [0.2, 0.25) is 0 Å². The van der Waals surface area contributed by atoms with Crippen LogP contribution in [0.4, 0.5) is 0 Å². The van der Waals surface area contributed by atoms with E-state index in [-0.39, 0.29) is 5.91 Å². The Bertz CT molecular complexity index is 437. The zero-order valence-electron chi connectivity index (χ0n) is 9.80. The highest BCUT2D eigenvalue weighted by molar-refractivity contribution is 5.94. The summed E-state index contributed by atoms with van der Waals surface area (Å²) < 4.78 is 0. The molecule has 2 nitrogen and oxygen atoms in total. The maximum atomic E-state index is 11.9. The Kier molecular flexibility index (Phi) is 2.71. The minimum Gasteiger partial charge on any atom is -0.352 e. The van der Waals surface area contributed by atoms with Crippen molar-refractivity contribution in [1.82, 2.24) is 5.32 Å². The zero-order valence-corrected chi connectivity index (χ0v) is 9.80. The summed E-state index contributed by atoms with van der Waals surface area (Å²) in [7, 11) is 0. The van der Waals surface area contributed by atoms with Crippen molar-refractivity contribution in [3.8, 4) is 0 Å². The minimum absolute atomic E-state index is 0.0531. The molecule has 17 heavy (non-hydrogen) atoms. The number of fused-ring (bicyclic) bond motifs is 2. The van der Waals surface area contributed by atoms with Crippen LogP contribution in [0.5, 0.6) is 0 Å². The van der Waals surface area contributed by atoms with Gasteiger partial charge in [0.05, 0.1) is 0 Å². The number of hydrogen-bond donors (Lipinski definition) is 1. The Morgan fingerprint density at radius 2 is 2.00 bits per heavy atom. The first-order valence-electron chi connectivity index (χ1n) is 6.34. The van der Waals surface area contributed by atoms with Gasteiger partial charge in [0, 0.05) is 12.1 Å². The van der Waals surface area contributed by atoms with Crippen LogP contribution in [0.25, 0.3) is 0 Å². The lowest BCUT2D eigenvalue weighted by atomic mass is 9.93. The molecule has 1 aromatic rings. The molecular weight excluding hydrogens is 210 g/mol. The fourth-order valence-electron chi connectivity index (χ4n) is 3.04. The van der Waals surface area contributed by atoms with Crippen molar-refractivity contribution in [2.75, 3.05) is 6.54 Å². The molecule has 88 valence electrons. The highest BCUT2D eigenvalue weighted by atomic mass is 16.1. The van der Waals surface area contributed by atoms with Crippen LogP contribution in [0.1, 0.15) is 23.2 Å². The van der Waals surface area contributed by atoms with Crippen LogP contribution < -0.4 is 5.32 Å². The first-order valence-corrected chi connectivity index (χ1v) is 6.34. The van der Waals surface area contributed by atoms with E-state index in [1.165, 1.54) is 12.8 Å². The first kappa shape index (κ1) is 10.6. The number of hydrogen-bond acceptors (Lipinski definition) is 1. The Labute approximate surface area is 102 Å². The molecule has 2 aliphatic rings. The highest BCUT2D eigenvalue weighted by Gasteiger charge is 2.35. The van der Waals surface area contributed by atoms with E-state index in [0.29, 0.717) is 11.8 Å². The number of rotatable bonds is 3. The van der Waals surface area contributed by atoms with E-state index in [4.69, 9.17) is 0 Å². The van der Waals surface area contributed by atoms with Gasteiger partial charge in [0.1, 0.15) is 0 Å². The van der Waals surface area contributed by atoms with Crippen LogP contribution in [0.15, 0.2) is 42.5 Å². The quantitative estimate of drug-likeness (QED) is 0.790. The molecule has 0 radical (unpaired) electrons. The van der Waals surface area contributed by atoms with Gasteiger partial charge in [0.2, 0.25) is 0 Å². The van der Waals surface area contributed by atoms with E-state index in [2.05, 4.69) is 17.5 Å². The molecule has 1 saturated carbocycles. The second-order valence-electron chi connectivity index (χ2n) is 5.12. The maximum Gasteiger partial charge on any atom is 0.251 e. The topological polar surface area (TPSA) is 29.1 Å². The summed E-state index contributed by atoms with van der Waals surface area (Å²) in [5.74, 6) is 2.18. The molecule has 0 unspecified atom stereocenters. The average molecular weight is 227 g/mol. The van der Waals surface area contributed by atoms with E-state index in [1.54, 1.807) is 0 Å². The van der Waals surface area contributed by atoms with E-state index in [9.17, 15) is 4.79 Å². The summed E-state index contributed by atoms with van der Waals surface area (Å²) in [6, 6.07) is 9.44. The monoisotopic (exact) mass is 227 g/mol. The summed E-state index contributed by atoms with van der Waals surface area (Å²) >= 11 is 0. The molecule has 1 amide bonds. The van der Waals surface area contributed by atoms with Gasteiger partial charge in [0.15, 0.2) is 0 Å². The van der Waals surface area contributed by atoms with E-state index >= 15 is 0 Å². The van der Waals surface area contributed by atoms with E-state index < -0.39 is 0 Å². The van der Waals surface area contributed by atoms with Crippen molar-refractivity contribution >= 4 is 5.91 Å². The standard InChI is InChI=1S/C15H17NO/c17-15(12-4-2-1-3-5-12)16-10-14-9-11-6-7-13(14)8-11/h1-7,11,13-14H,8-10H2,(H,16,17)/t11-,13-,14+/m0/s1. The number of allylic oxidation sites excluding steroid dienone is 2. The number of amides is 1. The first-order chi connectivity index (χ1) is 8.33. The smallest absolute Gasteiger partial charge is 0.251 e. The van der Waals surface area contributed by atoms with Crippen LogP contribution >= 0.6 is 0 Å². The van der Waals surface area contributed by atoms with Crippen molar-refractivity contribution in [2.24, 2.45) is 17.8 Å². The Hall–Kier alpha value is -1.57. The third-order valence-corrected chi connectivity index (χ3v) is 3.98. The predicted molar refractivity (Wildman–Crippen MR) is 67.6 cm³/mol. The number of nitrogens with one attached hydrogen (secondary N) is 1. The summed E-state index contributed by atoms with van der Waals surface area (Å²) in [5, 5.41) is 3.05. The van der Waals surface area contributed by atoms with E-state index in [0.717, 1.165) is 18.0 Å². The Balaban J connectivity index is 1.55. The van der Waals surface area contributed by atoms with Gasteiger partial charge in [-0.15, -0.1) is 0 Å². The summed E-state index contributed by atoms with van der Waals surface area (Å²) in [5.41, 5.74) is 0.756. The molecule has 0 aromatic heterocycles. The minimum atomic E-state index is 0.0531. The number of carbonyl (C=O) groups is 1.